The van der Waals surface area contributed by atoms with Crippen LogP contribution in [-0.2, 0) is 17.6 Å². The Morgan fingerprint density at radius 1 is 1.56 bits per heavy atom. The van der Waals surface area contributed by atoms with Gasteiger partial charge in [0, 0.05) is 23.4 Å². The molecule has 1 atom stereocenters. The molecule has 0 amide bonds. The van der Waals surface area contributed by atoms with E-state index in [9.17, 15) is 9.90 Å². The Kier molecular flexibility index (Phi) is 4.25. The molecule has 0 aromatic heterocycles. The summed E-state index contributed by atoms with van der Waals surface area (Å²) in [6, 6.07) is 3.63. The summed E-state index contributed by atoms with van der Waals surface area (Å²) in [5, 5.41) is 10.3. The lowest BCUT2D eigenvalue weighted by molar-refractivity contribution is -0.126. The van der Waals surface area contributed by atoms with Crippen LogP contribution in [0.1, 0.15) is 30.9 Å². The van der Waals surface area contributed by atoms with Crippen molar-refractivity contribution in [3.05, 3.63) is 28.3 Å². The fourth-order valence-corrected chi connectivity index (χ4v) is 2.48. The van der Waals surface area contributed by atoms with Crippen molar-refractivity contribution in [2.45, 2.75) is 38.7 Å². The van der Waals surface area contributed by atoms with Gasteiger partial charge in [-0.05, 0) is 24.1 Å². The van der Waals surface area contributed by atoms with Gasteiger partial charge in [0.05, 0.1) is 6.61 Å². The summed E-state index contributed by atoms with van der Waals surface area (Å²) in [7, 11) is 0. The monoisotopic (exact) mass is 268 g/mol. The first-order valence-electron chi connectivity index (χ1n) is 6.26. The van der Waals surface area contributed by atoms with Gasteiger partial charge in [-0.25, -0.2) is 0 Å². The largest absolute Gasteiger partial charge is 0.493 e. The van der Waals surface area contributed by atoms with Gasteiger partial charge in [0.15, 0.2) is 5.78 Å². The van der Waals surface area contributed by atoms with Crippen molar-refractivity contribution in [3.63, 3.8) is 0 Å². The van der Waals surface area contributed by atoms with E-state index in [1.807, 2.05) is 13.0 Å². The maximum Gasteiger partial charge on any atom is 0.165 e. The first-order chi connectivity index (χ1) is 8.61. The van der Waals surface area contributed by atoms with Crippen LogP contribution in [0.3, 0.4) is 0 Å². The Balaban J connectivity index is 2.17. The van der Waals surface area contributed by atoms with Crippen LogP contribution in [0.15, 0.2) is 12.1 Å². The van der Waals surface area contributed by atoms with Gasteiger partial charge in [0.25, 0.3) is 0 Å². The van der Waals surface area contributed by atoms with Crippen LogP contribution in [0.4, 0.5) is 0 Å². The topological polar surface area (TPSA) is 46.5 Å². The molecular formula is C14H17ClO3. The average molecular weight is 269 g/mol. The number of fused-ring (bicyclic) bond motifs is 1. The number of carbonyl (C=O) groups is 1. The molecule has 3 nitrogen and oxygen atoms in total. The molecule has 1 N–H and O–H groups in total. The van der Waals surface area contributed by atoms with Crippen molar-refractivity contribution in [3.8, 4) is 5.75 Å². The number of halogens is 1. The van der Waals surface area contributed by atoms with Crippen LogP contribution in [0.25, 0.3) is 0 Å². The second-order valence-electron chi connectivity index (χ2n) is 4.60. The van der Waals surface area contributed by atoms with Gasteiger partial charge in [-0.2, -0.15) is 0 Å². The minimum atomic E-state index is -0.883. The number of aliphatic hydroxyl groups excluding tert-OH is 1. The molecule has 0 radical (unpaired) electrons. The predicted molar refractivity (Wildman–Crippen MR) is 70.3 cm³/mol. The first-order valence-corrected chi connectivity index (χ1v) is 6.64. The molecule has 1 aliphatic rings. The highest BCUT2D eigenvalue weighted by molar-refractivity contribution is 6.30. The van der Waals surface area contributed by atoms with Crippen molar-refractivity contribution in [2.75, 3.05) is 6.61 Å². The molecule has 0 saturated heterocycles. The third kappa shape index (κ3) is 2.85. The molecule has 1 aromatic rings. The number of carbonyl (C=O) groups excluding carboxylic acids is 1. The SMILES string of the molecule is CCCC(O)C(=O)Cc1cc(Cl)cc2c1OCC2. The Bertz CT molecular complexity index is 457. The molecule has 4 heteroatoms. The number of ether oxygens (including phenoxy) is 1. The standard InChI is InChI=1S/C14H17ClO3/c1-2-3-12(16)13(17)8-10-7-11(15)6-9-4-5-18-14(9)10/h6-7,12,16H,2-5,8H2,1H3. The quantitative estimate of drug-likeness (QED) is 0.893. The summed E-state index contributed by atoms with van der Waals surface area (Å²) in [4.78, 5) is 11.9. The molecule has 0 aliphatic carbocycles. The Hall–Kier alpha value is -1.06. The van der Waals surface area contributed by atoms with Crippen LogP contribution in [0, 0.1) is 0 Å². The molecule has 18 heavy (non-hydrogen) atoms. The zero-order valence-corrected chi connectivity index (χ0v) is 11.2. The molecule has 0 saturated carbocycles. The van der Waals surface area contributed by atoms with E-state index >= 15 is 0 Å². The maximum atomic E-state index is 11.9. The average Bonchev–Trinajstić information content (AvgIpc) is 2.77. The second kappa shape index (κ2) is 5.72. The molecular weight excluding hydrogens is 252 g/mol. The Labute approximate surface area is 112 Å². The van der Waals surface area contributed by atoms with E-state index in [1.165, 1.54) is 0 Å². The van der Waals surface area contributed by atoms with E-state index in [0.717, 1.165) is 29.7 Å². The zero-order valence-electron chi connectivity index (χ0n) is 10.4. The number of Topliss-reactive ketones (excluding diaryl/α,β-unsaturated/α-hetero) is 1. The minimum Gasteiger partial charge on any atom is -0.493 e. The first kappa shape index (κ1) is 13.4. The van der Waals surface area contributed by atoms with Gasteiger partial charge >= 0.3 is 0 Å². The smallest absolute Gasteiger partial charge is 0.165 e. The van der Waals surface area contributed by atoms with Crippen molar-refractivity contribution >= 4 is 17.4 Å². The van der Waals surface area contributed by atoms with Crippen LogP contribution >= 0.6 is 11.6 Å². The molecule has 98 valence electrons. The summed E-state index contributed by atoms with van der Waals surface area (Å²) < 4.78 is 5.53. The number of ketones is 1. The van der Waals surface area contributed by atoms with E-state index < -0.39 is 6.10 Å². The van der Waals surface area contributed by atoms with Crippen molar-refractivity contribution in [1.29, 1.82) is 0 Å². The molecule has 1 aliphatic heterocycles. The highest BCUT2D eigenvalue weighted by Gasteiger charge is 2.21. The van der Waals surface area contributed by atoms with Crippen LogP contribution in [0.2, 0.25) is 5.02 Å². The highest BCUT2D eigenvalue weighted by Crippen LogP contribution is 2.33. The fraction of sp³-hybridized carbons (Fsp3) is 0.500. The van der Waals surface area contributed by atoms with Crippen molar-refractivity contribution in [2.24, 2.45) is 0 Å². The maximum absolute atomic E-state index is 11.9. The number of hydrogen-bond donors (Lipinski definition) is 1. The number of benzene rings is 1. The lowest BCUT2D eigenvalue weighted by Gasteiger charge is -2.11. The summed E-state index contributed by atoms with van der Waals surface area (Å²) >= 11 is 6.02. The van der Waals surface area contributed by atoms with Gasteiger partial charge in [0.1, 0.15) is 11.9 Å². The van der Waals surface area contributed by atoms with E-state index in [4.69, 9.17) is 16.3 Å². The molecule has 1 heterocycles. The minimum absolute atomic E-state index is 0.170. The van der Waals surface area contributed by atoms with Crippen molar-refractivity contribution < 1.29 is 14.6 Å². The second-order valence-corrected chi connectivity index (χ2v) is 5.04. The van der Waals surface area contributed by atoms with Crippen LogP contribution < -0.4 is 4.74 Å². The third-order valence-electron chi connectivity index (χ3n) is 3.12. The third-order valence-corrected chi connectivity index (χ3v) is 3.34. The van der Waals surface area contributed by atoms with E-state index in [-0.39, 0.29) is 12.2 Å². The summed E-state index contributed by atoms with van der Waals surface area (Å²) in [6.45, 7) is 2.57. The fourth-order valence-electron chi connectivity index (χ4n) is 2.22. The normalized spacial score (nSPS) is 15.1. The molecule has 0 spiro atoms. The Morgan fingerprint density at radius 3 is 3.06 bits per heavy atom. The van der Waals surface area contributed by atoms with Crippen molar-refractivity contribution in [1.82, 2.24) is 0 Å². The summed E-state index contributed by atoms with van der Waals surface area (Å²) in [5.41, 5.74) is 1.84. The summed E-state index contributed by atoms with van der Waals surface area (Å²) in [6.07, 6.45) is 1.42. The number of aliphatic hydroxyl groups is 1. The molecule has 1 unspecified atom stereocenters. The predicted octanol–water partition coefficient (Wildman–Crippen LogP) is 2.55. The summed E-state index contributed by atoms with van der Waals surface area (Å²) in [5.74, 6) is 0.605. The number of rotatable bonds is 5. The van der Waals surface area contributed by atoms with E-state index in [2.05, 4.69) is 0 Å². The lowest BCUT2D eigenvalue weighted by atomic mass is 10.00. The van der Waals surface area contributed by atoms with Gasteiger partial charge in [-0.1, -0.05) is 24.9 Å². The van der Waals surface area contributed by atoms with Gasteiger partial charge in [-0.15, -0.1) is 0 Å². The van der Waals surface area contributed by atoms with E-state index in [0.29, 0.717) is 18.1 Å². The van der Waals surface area contributed by atoms with Gasteiger partial charge < -0.3 is 9.84 Å². The lowest BCUT2D eigenvalue weighted by Crippen LogP contribution is -2.22. The van der Waals surface area contributed by atoms with Gasteiger partial charge in [-0.3, -0.25) is 4.79 Å². The molecule has 0 fully saturated rings. The molecule has 1 aromatic carbocycles. The van der Waals surface area contributed by atoms with Crippen LogP contribution in [-0.4, -0.2) is 23.6 Å². The number of hydrogen-bond acceptors (Lipinski definition) is 3. The van der Waals surface area contributed by atoms with Gasteiger partial charge in [0.2, 0.25) is 0 Å². The highest BCUT2D eigenvalue weighted by atomic mass is 35.5. The van der Waals surface area contributed by atoms with E-state index in [1.54, 1.807) is 6.07 Å². The molecule has 2 rings (SSSR count). The van der Waals surface area contributed by atoms with Crippen LogP contribution in [0.5, 0.6) is 5.75 Å². The zero-order chi connectivity index (χ0) is 13.1. The Morgan fingerprint density at radius 2 is 2.33 bits per heavy atom. The molecule has 0 bridgehead atoms.